The van der Waals surface area contributed by atoms with Gasteiger partial charge in [0, 0.05) is 55.2 Å². The quantitative estimate of drug-likeness (QED) is 0.628. The molecule has 2 aromatic rings. The molecule has 190 valence electrons. The van der Waals surface area contributed by atoms with Crippen molar-refractivity contribution >= 4 is 29.3 Å². The van der Waals surface area contributed by atoms with Crippen LogP contribution >= 0.6 is 11.6 Å². The molecule has 1 atom stereocenters. The van der Waals surface area contributed by atoms with Crippen molar-refractivity contribution in [3.63, 3.8) is 0 Å². The number of hydrogen-bond donors (Lipinski definition) is 0. The predicted octanol–water partition coefficient (Wildman–Crippen LogP) is 2.81. The summed E-state index contributed by atoms with van der Waals surface area (Å²) in [6, 6.07) is 11.4. The highest BCUT2D eigenvalue weighted by Crippen LogP contribution is 2.39. The molecule has 0 saturated carbocycles. The van der Waals surface area contributed by atoms with Crippen LogP contribution in [0.2, 0.25) is 5.02 Å². The van der Waals surface area contributed by atoms with E-state index in [4.69, 9.17) is 21.1 Å². The molecule has 0 unspecified atom stereocenters. The number of nitrogens with zero attached hydrogens (tertiary/aromatic N) is 3. The molecule has 3 heterocycles. The van der Waals surface area contributed by atoms with Crippen LogP contribution in [0.1, 0.15) is 33.6 Å². The number of morpholine rings is 1. The lowest BCUT2D eigenvalue weighted by atomic mass is 9.96. The maximum absolute atomic E-state index is 14.0. The van der Waals surface area contributed by atoms with Gasteiger partial charge in [0.1, 0.15) is 17.6 Å². The van der Waals surface area contributed by atoms with Gasteiger partial charge in [-0.2, -0.15) is 0 Å². The SMILES string of the molecule is O=C(c1cccc(Cl)c1)N1CCC2(CC1)OC[C@H](C(=O)N1CCOCC1)N2C(=O)c1cccc(F)c1. The summed E-state index contributed by atoms with van der Waals surface area (Å²) < 4.78 is 25.6. The molecule has 1 spiro atoms. The minimum absolute atomic E-state index is 0.0412. The van der Waals surface area contributed by atoms with Gasteiger partial charge in [0.25, 0.3) is 11.8 Å². The number of amides is 3. The molecule has 10 heteroatoms. The fourth-order valence-corrected chi connectivity index (χ4v) is 5.36. The second kappa shape index (κ2) is 10.2. The smallest absolute Gasteiger partial charge is 0.256 e. The van der Waals surface area contributed by atoms with Crippen molar-refractivity contribution in [2.24, 2.45) is 0 Å². The van der Waals surface area contributed by atoms with Crippen LogP contribution in [-0.2, 0) is 14.3 Å². The third-order valence-corrected chi connectivity index (χ3v) is 7.30. The number of likely N-dealkylation sites (tertiary alicyclic amines) is 1. The standard InChI is InChI=1S/C26H27ClFN3O5/c27-20-5-1-3-18(15-20)23(32)29-9-7-26(8-10-29)31(24(33)19-4-2-6-21(28)16-19)22(17-36-26)25(34)30-11-13-35-14-12-30/h1-6,15-16,22H,7-14,17H2/t22-/m1/s1. The monoisotopic (exact) mass is 515 g/mol. The van der Waals surface area contributed by atoms with Gasteiger partial charge < -0.3 is 19.3 Å². The van der Waals surface area contributed by atoms with E-state index in [1.165, 1.54) is 29.2 Å². The summed E-state index contributed by atoms with van der Waals surface area (Å²) >= 11 is 6.05. The summed E-state index contributed by atoms with van der Waals surface area (Å²) in [6.07, 6.45) is 0.653. The molecule has 2 aromatic carbocycles. The Morgan fingerprint density at radius 3 is 2.22 bits per heavy atom. The summed E-state index contributed by atoms with van der Waals surface area (Å²) in [7, 11) is 0. The number of benzene rings is 2. The van der Waals surface area contributed by atoms with Gasteiger partial charge in [-0.05, 0) is 36.4 Å². The van der Waals surface area contributed by atoms with Gasteiger partial charge in [-0.3, -0.25) is 19.3 Å². The Morgan fingerprint density at radius 1 is 0.889 bits per heavy atom. The summed E-state index contributed by atoms with van der Waals surface area (Å²) in [4.78, 5) is 45.1. The first-order valence-corrected chi connectivity index (χ1v) is 12.4. The summed E-state index contributed by atoms with van der Waals surface area (Å²) in [5.41, 5.74) is -0.433. The largest absolute Gasteiger partial charge is 0.378 e. The molecule has 0 aromatic heterocycles. The van der Waals surface area contributed by atoms with E-state index in [1.807, 2.05) is 0 Å². The van der Waals surface area contributed by atoms with Crippen LogP contribution in [0.3, 0.4) is 0 Å². The van der Waals surface area contributed by atoms with E-state index < -0.39 is 23.5 Å². The second-order valence-electron chi connectivity index (χ2n) is 9.20. The fraction of sp³-hybridized carbons (Fsp3) is 0.423. The maximum atomic E-state index is 14.0. The van der Waals surface area contributed by atoms with E-state index in [1.54, 1.807) is 34.1 Å². The van der Waals surface area contributed by atoms with Crippen molar-refractivity contribution in [3.8, 4) is 0 Å². The van der Waals surface area contributed by atoms with Crippen molar-refractivity contribution < 1.29 is 28.2 Å². The number of halogens is 2. The lowest BCUT2D eigenvalue weighted by Crippen LogP contribution is -2.60. The van der Waals surface area contributed by atoms with E-state index in [-0.39, 0.29) is 24.0 Å². The van der Waals surface area contributed by atoms with Gasteiger partial charge in [0.05, 0.1) is 19.8 Å². The van der Waals surface area contributed by atoms with E-state index in [2.05, 4.69) is 0 Å². The lowest BCUT2D eigenvalue weighted by Gasteiger charge is -2.45. The molecule has 5 rings (SSSR count). The van der Waals surface area contributed by atoms with Crippen LogP contribution in [0.4, 0.5) is 4.39 Å². The van der Waals surface area contributed by atoms with Crippen LogP contribution in [0, 0.1) is 5.82 Å². The number of carbonyl (C=O) groups is 3. The van der Waals surface area contributed by atoms with E-state index in [0.29, 0.717) is 62.8 Å². The zero-order valence-electron chi connectivity index (χ0n) is 19.7. The number of rotatable bonds is 3. The summed E-state index contributed by atoms with van der Waals surface area (Å²) in [5, 5.41) is 0.477. The fourth-order valence-electron chi connectivity index (χ4n) is 5.17. The number of hydrogen-bond acceptors (Lipinski definition) is 5. The molecule has 0 radical (unpaired) electrons. The van der Waals surface area contributed by atoms with Crippen molar-refractivity contribution in [3.05, 3.63) is 70.5 Å². The van der Waals surface area contributed by atoms with Gasteiger partial charge >= 0.3 is 0 Å². The Kier molecular flexibility index (Phi) is 6.96. The molecule has 0 aliphatic carbocycles. The molecule has 3 saturated heterocycles. The minimum Gasteiger partial charge on any atom is -0.378 e. The molecule has 0 bridgehead atoms. The topological polar surface area (TPSA) is 79.4 Å². The zero-order chi connectivity index (χ0) is 25.3. The molecule has 36 heavy (non-hydrogen) atoms. The zero-order valence-corrected chi connectivity index (χ0v) is 20.5. The van der Waals surface area contributed by atoms with Gasteiger partial charge in [0.15, 0.2) is 0 Å². The average molecular weight is 516 g/mol. The maximum Gasteiger partial charge on any atom is 0.256 e. The number of ether oxygens (including phenoxy) is 2. The normalized spacial score (nSPS) is 21.6. The first-order valence-electron chi connectivity index (χ1n) is 12.0. The first-order chi connectivity index (χ1) is 17.4. The van der Waals surface area contributed by atoms with Gasteiger partial charge in [0.2, 0.25) is 5.91 Å². The Hall–Kier alpha value is -3.01. The van der Waals surface area contributed by atoms with E-state index in [9.17, 15) is 18.8 Å². The predicted molar refractivity (Wildman–Crippen MR) is 129 cm³/mol. The van der Waals surface area contributed by atoms with Crippen LogP contribution < -0.4 is 0 Å². The van der Waals surface area contributed by atoms with Crippen LogP contribution in [0.25, 0.3) is 0 Å². The highest BCUT2D eigenvalue weighted by molar-refractivity contribution is 6.30. The van der Waals surface area contributed by atoms with Crippen molar-refractivity contribution in [2.75, 3.05) is 46.0 Å². The minimum atomic E-state index is -1.07. The Labute approximate surface area is 213 Å². The van der Waals surface area contributed by atoms with Gasteiger partial charge in [-0.15, -0.1) is 0 Å². The Balaban J connectivity index is 1.40. The van der Waals surface area contributed by atoms with Crippen LogP contribution in [-0.4, -0.2) is 90.2 Å². The molecule has 3 aliphatic rings. The van der Waals surface area contributed by atoms with Gasteiger partial charge in [-0.1, -0.05) is 23.7 Å². The van der Waals surface area contributed by atoms with E-state index >= 15 is 0 Å². The molecule has 3 amide bonds. The third kappa shape index (κ3) is 4.70. The highest BCUT2D eigenvalue weighted by atomic mass is 35.5. The average Bonchev–Trinajstić information content (AvgIpc) is 3.26. The highest BCUT2D eigenvalue weighted by Gasteiger charge is 2.55. The Bertz CT molecular complexity index is 1160. The van der Waals surface area contributed by atoms with Gasteiger partial charge in [-0.25, -0.2) is 4.39 Å². The molecule has 8 nitrogen and oxygen atoms in total. The molecular weight excluding hydrogens is 489 g/mol. The third-order valence-electron chi connectivity index (χ3n) is 7.06. The molecular formula is C26H27ClFN3O5. The summed E-state index contributed by atoms with van der Waals surface area (Å²) in [6.45, 7) is 2.44. The molecule has 3 aliphatic heterocycles. The Morgan fingerprint density at radius 2 is 1.56 bits per heavy atom. The molecule has 3 fully saturated rings. The molecule has 0 N–H and O–H groups in total. The van der Waals surface area contributed by atoms with Crippen molar-refractivity contribution in [1.29, 1.82) is 0 Å². The second-order valence-corrected chi connectivity index (χ2v) is 9.64. The summed E-state index contributed by atoms with van der Waals surface area (Å²) in [5.74, 6) is -1.37. The van der Waals surface area contributed by atoms with E-state index in [0.717, 1.165) is 0 Å². The number of carbonyl (C=O) groups excluding carboxylic acids is 3. The van der Waals surface area contributed by atoms with Crippen LogP contribution in [0.5, 0.6) is 0 Å². The van der Waals surface area contributed by atoms with Crippen molar-refractivity contribution in [1.82, 2.24) is 14.7 Å². The van der Waals surface area contributed by atoms with Crippen LogP contribution in [0.15, 0.2) is 48.5 Å². The number of piperidine rings is 1. The van der Waals surface area contributed by atoms with Crippen molar-refractivity contribution in [2.45, 2.75) is 24.6 Å². The first kappa shape index (κ1) is 24.7. The lowest BCUT2D eigenvalue weighted by molar-refractivity contribution is -0.141.